The van der Waals surface area contributed by atoms with E-state index in [0.717, 1.165) is 23.7 Å². The lowest BCUT2D eigenvalue weighted by Gasteiger charge is -2.37. The molecule has 0 bridgehead atoms. The molecule has 7 nitrogen and oxygen atoms in total. The minimum atomic E-state index is -0.340. The van der Waals surface area contributed by atoms with Crippen molar-refractivity contribution in [1.82, 2.24) is 10.3 Å². The van der Waals surface area contributed by atoms with Crippen LogP contribution in [0.5, 0.6) is 5.75 Å². The number of anilines is 2. The minimum Gasteiger partial charge on any atom is -0.494 e. The first-order valence-electron chi connectivity index (χ1n) is 10.5. The molecule has 2 aliphatic rings. The van der Waals surface area contributed by atoms with Gasteiger partial charge in [0.25, 0.3) is 0 Å². The van der Waals surface area contributed by atoms with Gasteiger partial charge in [-0.15, -0.1) is 0 Å². The first-order chi connectivity index (χ1) is 14.6. The van der Waals surface area contributed by atoms with E-state index in [1.807, 2.05) is 61.5 Å². The summed E-state index contributed by atoms with van der Waals surface area (Å²) in [7, 11) is 0. The van der Waals surface area contributed by atoms with Crippen LogP contribution in [-0.2, 0) is 9.59 Å². The lowest BCUT2D eigenvalue weighted by Crippen LogP contribution is -2.55. The number of carbonyl (C=O) groups is 2. The smallest absolute Gasteiger partial charge is 0.247 e. The van der Waals surface area contributed by atoms with Crippen molar-refractivity contribution in [2.24, 2.45) is 11.8 Å². The van der Waals surface area contributed by atoms with Gasteiger partial charge < -0.3 is 15.0 Å². The molecule has 7 heteroatoms. The highest BCUT2D eigenvalue weighted by Gasteiger charge is 2.50. The predicted molar refractivity (Wildman–Crippen MR) is 116 cm³/mol. The fourth-order valence-corrected chi connectivity index (χ4v) is 4.25. The molecule has 4 rings (SSSR count). The van der Waals surface area contributed by atoms with E-state index in [-0.39, 0.29) is 29.7 Å². The molecule has 2 fully saturated rings. The van der Waals surface area contributed by atoms with Crippen LogP contribution in [-0.4, -0.2) is 49.0 Å². The maximum atomic E-state index is 13.2. The average Bonchev–Trinajstić information content (AvgIpc) is 3.11. The lowest BCUT2D eigenvalue weighted by atomic mass is 9.84. The van der Waals surface area contributed by atoms with E-state index in [1.165, 1.54) is 0 Å². The Hall–Kier alpha value is -2.90. The summed E-state index contributed by atoms with van der Waals surface area (Å²) in [5.74, 6) is 0.112. The molecule has 158 valence electrons. The number of piperidine rings is 1. The number of nitrogens with one attached hydrogen (secondary N) is 2. The van der Waals surface area contributed by atoms with E-state index in [2.05, 4.69) is 22.6 Å². The summed E-state index contributed by atoms with van der Waals surface area (Å²) in [6.07, 6.45) is 0. The number of hydrogen-bond donors (Lipinski definition) is 2. The molecular weight excluding hydrogens is 380 g/mol. The first kappa shape index (κ1) is 20.4. The molecular formula is C23H28N4O3. The van der Waals surface area contributed by atoms with Crippen LogP contribution in [0, 0.1) is 11.8 Å². The number of benzene rings is 2. The SMILES string of the molecule is CCOc1ccc(NC(=O)C2CN(CC)CC3C(=O)N(c4ccccc4)NC23)cc1. The Labute approximate surface area is 177 Å². The Bertz CT molecular complexity index is 887. The van der Waals surface area contributed by atoms with E-state index >= 15 is 0 Å². The van der Waals surface area contributed by atoms with E-state index in [1.54, 1.807) is 5.01 Å². The second kappa shape index (κ2) is 8.85. The van der Waals surface area contributed by atoms with Crippen molar-refractivity contribution >= 4 is 23.2 Å². The molecule has 2 saturated heterocycles. The summed E-state index contributed by atoms with van der Waals surface area (Å²) < 4.78 is 5.46. The second-order valence-electron chi connectivity index (χ2n) is 7.68. The Kier molecular flexibility index (Phi) is 6.01. The second-order valence-corrected chi connectivity index (χ2v) is 7.68. The fraction of sp³-hybridized carbons (Fsp3) is 0.391. The van der Waals surface area contributed by atoms with E-state index in [4.69, 9.17) is 4.74 Å². The number of carbonyl (C=O) groups excluding carboxylic acids is 2. The van der Waals surface area contributed by atoms with Gasteiger partial charge in [0.05, 0.1) is 30.2 Å². The predicted octanol–water partition coefficient (Wildman–Crippen LogP) is 2.51. The Morgan fingerprint density at radius 2 is 1.83 bits per heavy atom. The number of ether oxygens (including phenoxy) is 1. The molecule has 0 radical (unpaired) electrons. The number of amides is 2. The van der Waals surface area contributed by atoms with Gasteiger partial charge in [-0.2, -0.15) is 0 Å². The largest absolute Gasteiger partial charge is 0.494 e. The van der Waals surface area contributed by atoms with Gasteiger partial charge in [-0.1, -0.05) is 25.1 Å². The van der Waals surface area contributed by atoms with Crippen molar-refractivity contribution in [3.63, 3.8) is 0 Å². The molecule has 2 aromatic carbocycles. The van der Waals surface area contributed by atoms with Gasteiger partial charge in [0.1, 0.15) is 5.75 Å². The highest BCUT2D eigenvalue weighted by atomic mass is 16.5. The van der Waals surface area contributed by atoms with Gasteiger partial charge in [0, 0.05) is 18.8 Å². The minimum absolute atomic E-state index is 0.0169. The molecule has 3 unspecified atom stereocenters. The van der Waals surface area contributed by atoms with Gasteiger partial charge in [0.15, 0.2) is 0 Å². The Morgan fingerprint density at radius 3 is 2.50 bits per heavy atom. The molecule has 0 aromatic heterocycles. The first-order valence-corrected chi connectivity index (χ1v) is 10.5. The molecule has 0 spiro atoms. The average molecular weight is 409 g/mol. The van der Waals surface area contributed by atoms with Gasteiger partial charge >= 0.3 is 0 Å². The van der Waals surface area contributed by atoms with Gasteiger partial charge in [-0.3, -0.25) is 9.59 Å². The van der Waals surface area contributed by atoms with Crippen LogP contribution < -0.4 is 20.5 Å². The molecule has 2 N–H and O–H groups in total. The molecule has 30 heavy (non-hydrogen) atoms. The van der Waals surface area contributed by atoms with Gasteiger partial charge in [-0.05, 0) is 49.9 Å². The molecule has 0 saturated carbocycles. The van der Waals surface area contributed by atoms with Crippen LogP contribution in [0.25, 0.3) is 0 Å². The van der Waals surface area contributed by atoms with E-state index in [0.29, 0.717) is 19.7 Å². The monoisotopic (exact) mass is 408 g/mol. The van der Waals surface area contributed by atoms with Crippen LogP contribution in [0.4, 0.5) is 11.4 Å². The fourth-order valence-electron chi connectivity index (χ4n) is 4.25. The third-order valence-electron chi connectivity index (χ3n) is 5.82. The highest BCUT2D eigenvalue weighted by molar-refractivity contribution is 6.00. The van der Waals surface area contributed by atoms with E-state index in [9.17, 15) is 9.59 Å². The van der Waals surface area contributed by atoms with Crippen LogP contribution in [0.2, 0.25) is 0 Å². The van der Waals surface area contributed by atoms with Crippen LogP contribution >= 0.6 is 0 Å². The lowest BCUT2D eigenvalue weighted by molar-refractivity contribution is -0.126. The summed E-state index contributed by atoms with van der Waals surface area (Å²) >= 11 is 0. The number of likely N-dealkylation sites (tertiary alicyclic amines) is 1. The summed E-state index contributed by atoms with van der Waals surface area (Å²) in [5, 5.41) is 4.62. The number of fused-ring (bicyclic) bond motifs is 1. The molecule has 2 aromatic rings. The van der Waals surface area contributed by atoms with Crippen LogP contribution in [0.1, 0.15) is 13.8 Å². The van der Waals surface area contributed by atoms with Crippen molar-refractivity contribution in [3.05, 3.63) is 54.6 Å². The van der Waals surface area contributed by atoms with Crippen molar-refractivity contribution in [3.8, 4) is 5.75 Å². The molecule has 3 atom stereocenters. The molecule has 2 heterocycles. The van der Waals surface area contributed by atoms with Crippen molar-refractivity contribution < 1.29 is 14.3 Å². The standard InChI is InChI=1S/C23H28N4O3/c1-3-26-14-19(22(28)24-16-10-12-18(13-11-16)30-4-2)21-20(15-26)23(29)27(25-21)17-8-6-5-7-9-17/h5-13,19-21,25H,3-4,14-15H2,1-2H3,(H,24,28). The van der Waals surface area contributed by atoms with Crippen molar-refractivity contribution in [2.75, 3.05) is 36.6 Å². The summed E-state index contributed by atoms with van der Waals surface area (Å²) in [4.78, 5) is 28.5. The zero-order valence-corrected chi connectivity index (χ0v) is 17.4. The Morgan fingerprint density at radius 1 is 1.10 bits per heavy atom. The summed E-state index contributed by atoms with van der Waals surface area (Å²) in [6.45, 7) is 6.66. The number of hydrogen-bond acceptors (Lipinski definition) is 5. The number of para-hydroxylation sites is 1. The number of nitrogens with zero attached hydrogens (tertiary/aromatic N) is 2. The number of rotatable bonds is 6. The maximum absolute atomic E-state index is 13.2. The van der Waals surface area contributed by atoms with Crippen molar-refractivity contribution in [2.45, 2.75) is 19.9 Å². The van der Waals surface area contributed by atoms with Crippen LogP contribution in [0.3, 0.4) is 0 Å². The molecule has 0 aliphatic carbocycles. The Balaban J connectivity index is 1.52. The molecule has 2 amide bonds. The zero-order chi connectivity index (χ0) is 21.1. The van der Waals surface area contributed by atoms with Gasteiger partial charge in [-0.25, -0.2) is 10.4 Å². The van der Waals surface area contributed by atoms with Crippen LogP contribution in [0.15, 0.2) is 54.6 Å². The summed E-state index contributed by atoms with van der Waals surface area (Å²) in [5.41, 5.74) is 4.84. The topological polar surface area (TPSA) is 73.9 Å². The van der Waals surface area contributed by atoms with E-state index < -0.39 is 0 Å². The third kappa shape index (κ3) is 4.04. The summed E-state index contributed by atoms with van der Waals surface area (Å²) in [6, 6.07) is 16.6. The highest BCUT2D eigenvalue weighted by Crippen LogP contribution is 2.32. The van der Waals surface area contributed by atoms with Gasteiger partial charge in [0.2, 0.25) is 11.8 Å². The zero-order valence-electron chi connectivity index (χ0n) is 17.4. The molecule has 2 aliphatic heterocycles. The number of hydrazine groups is 1. The van der Waals surface area contributed by atoms with Crippen molar-refractivity contribution in [1.29, 1.82) is 0 Å². The quantitative estimate of drug-likeness (QED) is 0.768. The maximum Gasteiger partial charge on any atom is 0.247 e. The normalized spacial score (nSPS) is 23.9. The third-order valence-corrected chi connectivity index (χ3v) is 5.82.